The highest BCUT2D eigenvalue weighted by Crippen LogP contribution is 2.21. The van der Waals surface area contributed by atoms with E-state index in [0.29, 0.717) is 30.7 Å². The van der Waals surface area contributed by atoms with Crippen LogP contribution in [-0.2, 0) is 9.53 Å². The highest BCUT2D eigenvalue weighted by molar-refractivity contribution is 5.96. The van der Waals surface area contributed by atoms with E-state index >= 15 is 0 Å². The Morgan fingerprint density at radius 1 is 1.03 bits per heavy atom. The average Bonchev–Trinajstić information content (AvgIpc) is 2.75. The smallest absolute Gasteiger partial charge is 0.349 e. The summed E-state index contributed by atoms with van der Waals surface area (Å²) in [5, 5.41) is 3.17. The summed E-state index contributed by atoms with van der Waals surface area (Å²) in [6.45, 7) is 2.57. The molecule has 0 aliphatic heterocycles. The van der Waals surface area contributed by atoms with Crippen LogP contribution in [0.1, 0.15) is 22.3 Å². The second-order valence-corrected chi connectivity index (χ2v) is 6.83. The first-order valence-corrected chi connectivity index (χ1v) is 9.71. The van der Waals surface area contributed by atoms with Crippen LogP contribution in [0.5, 0.6) is 11.5 Å². The molecule has 1 heterocycles. The number of carbonyl (C=O) groups excluding carboxylic acids is 2. The van der Waals surface area contributed by atoms with Crippen LogP contribution in [0.4, 0.5) is 0 Å². The van der Waals surface area contributed by atoms with E-state index in [1.165, 1.54) is 12.1 Å². The number of esters is 1. The van der Waals surface area contributed by atoms with Gasteiger partial charge in [-0.2, -0.15) is 0 Å². The van der Waals surface area contributed by atoms with Gasteiger partial charge >= 0.3 is 11.6 Å². The molecule has 0 fully saturated rings. The quantitative estimate of drug-likeness (QED) is 0.243. The zero-order valence-electron chi connectivity index (χ0n) is 17.3. The van der Waals surface area contributed by atoms with Gasteiger partial charge < -0.3 is 23.9 Å². The Morgan fingerprint density at radius 3 is 2.52 bits per heavy atom. The van der Waals surface area contributed by atoms with Crippen molar-refractivity contribution in [1.82, 2.24) is 5.32 Å². The topological polar surface area (TPSA) is 104 Å². The van der Waals surface area contributed by atoms with Crippen LogP contribution >= 0.6 is 0 Å². The van der Waals surface area contributed by atoms with E-state index in [9.17, 15) is 14.4 Å². The Labute approximate surface area is 178 Å². The molecule has 31 heavy (non-hydrogen) atoms. The molecule has 1 aromatic heterocycles. The fourth-order valence-electron chi connectivity index (χ4n) is 2.76. The van der Waals surface area contributed by atoms with Gasteiger partial charge in [-0.05, 0) is 43.7 Å². The first kappa shape index (κ1) is 22.0. The van der Waals surface area contributed by atoms with E-state index in [4.69, 9.17) is 18.6 Å². The van der Waals surface area contributed by atoms with Gasteiger partial charge in [-0.3, -0.25) is 4.79 Å². The van der Waals surface area contributed by atoms with Crippen molar-refractivity contribution in [1.29, 1.82) is 0 Å². The number of fused-ring (bicyclic) bond motifs is 1. The summed E-state index contributed by atoms with van der Waals surface area (Å²) in [5.74, 6) is -0.366. The maximum atomic E-state index is 12.2. The summed E-state index contributed by atoms with van der Waals surface area (Å²) in [5.41, 5.74) is 0.411. The van der Waals surface area contributed by atoms with Crippen LogP contribution in [0.3, 0.4) is 0 Å². The highest BCUT2D eigenvalue weighted by Gasteiger charge is 2.14. The monoisotopic (exact) mass is 425 g/mol. The van der Waals surface area contributed by atoms with Gasteiger partial charge in [0.25, 0.3) is 5.91 Å². The molecule has 0 saturated carbocycles. The molecule has 162 valence electrons. The molecule has 3 rings (SSSR count). The van der Waals surface area contributed by atoms with Crippen molar-refractivity contribution in [2.24, 2.45) is 0 Å². The molecule has 8 nitrogen and oxygen atoms in total. The largest absolute Gasteiger partial charge is 0.482 e. The van der Waals surface area contributed by atoms with Crippen molar-refractivity contribution in [2.45, 2.75) is 13.3 Å². The average molecular weight is 425 g/mol. The summed E-state index contributed by atoms with van der Waals surface area (Å²) in [6, 6.07) is 13.3. The molecule has 0 aliphatic carbocycles. The second kappa shape index (κ2) is 10.4. The lowest BCUT2D eigenvalue weighted by atomic mass is 10.1. The Kier molecular flexibility index (Phi) is 7.40. The molecule has 0 atom stereocenters. The normalized spacial score (nSPS) is 10.6. The molecule has 0 spiro atoms. The van der Waals surface area contributed by atoms with Gasteiger partial charge in [-0.1, -0.05) is 17.7 Å². The van der Waals surface area contributed by atoms with Gasteiger partial charge in [0.1, 0.15) is 22.6 Å². The SMILES string of the molecule is COCCCNC(=O)c1cc2ccc(OC(=O)COc3ccc(C)cc3)cc2oc1=O. The molecule has 8 heteroatoms. The number of benzene rings is 2. The molecule has 1 amide bonds. The molecule has 0 saturated heterocycles. The minimum atomic E-state index is -0.775. The predicted octanol–water partition coefficient (Wildman–Crippen LogP) is 2.85. The molecule has 0 aliphatic rings. The van der Waals surface area contributed by atoms with Gasteiger partial charge in [-0.15, -0.1) is 0 Å². The molecular weight excluding hydrogens is 402 g/mol. The molecular formula is C23H23NO7. The maximum absolute atomic E-state index is 12.2. The van der Waals surface area contributed by atoms with E-state index in [1.54, 1.807) is 31.4 Å². The second-order valence-electron chi connectivity index (χ2n) is 6.83. The molecule has 0 unspecified atom stereocenters. The number of hydrogen-bond acceptors (Lipinski definition) is 7. The minimum absolute atomic E-state index is 0.0961. The van der Waals surface area contributed by atoms with Crippen molar-refractivity contribution in [3.8, 4) is 11.5 Å². The number of nitrogens with one attached hydrogen (secondary N) is 1. The minimum Gasteiger partial charge on any atom is -0.482 e. The van der Waals surface area contributed by atoms with Crippen LogP contribution in [0.15, 0.2) is 57.7 Å². The molecule has 3 aromatic rings. The van der Waals surface area contributed by atoms with Gasteiger partial charge in [0.2, 0.25) is 0 Å². The van der Waals surface area contributed by atoms with Crippen molar-refractivity contribution >= 4 is 22.8 Å². The van der Waals surface area contributed by atoms with Crippen LogP contribution in [-0.4, -0.2) is 38.7 Å². The maximum Gasteiger partial charge on any atom is 0.349 e. The Morgan fingerprint density at radius 2 is 1.77 bits per heavy atom. The molecule has 1 N–H and O–H groups in total. The lowest BCUT2D eigenvalue weighted by Crippen LogP contribution is -2.29. The van der Waals surface area contributed by atoms with Crippen LogP contribution in [0, 0.1) is 6.92 Å². The van der Waals surface area contributed by atoms with Crippen molar-refractivity contribution in [3.05, 3.63) is 70.1 Å². The third-order valence-electron chi connectivity index (χ3n) is 4.37. The van der Waals surface area contributed by atoms with Crippen molar-refractivity contribution in [2.75, 3.05) is 26.9 Å². The predicted molar refractivity (Wildman–Crippen MR) is 114 cm³/mol. The number of methoxy groups -OCH3 is 1. The number of aryl methyl sites for hydroxylation is 1. The molecule has 0 radical (unpaired) electrons. The fraction of sp³-hybridized carbons (Fsp3) is 0.261. The van der Waals surface area contributed by atoms with Gasteiger partial charge in [0.05, 0.1) is 0 Å². The van der Waals surface area contributed by atoms with E-state index < -0.39 is 17.5 Å². The number of ether oxygens (including phenoxy) is 3. The number of rotatable bonds is 9. The van der Waals surface area contributed by atoms with Crippen LogP contribution in [0.25, 0.3) is 11.0 Å². The lowest BCUT2D eigenvalue weighted by Gasteiger charge is -2.08. The summed E-state index contributed by atoms with van der Waals surface area (Å²) < 4.78 is 20.8. The van der Waals surface area contributed by atoms with Crippen molar-refractivity contribution in [3.63, 3.8) is 0 Å². The van der Waals surface area contributed by atoms with E-state index in [0.717, 1.165) is 5.56 Å². The highest BCUT2D eigenvalue weighted by atomic mass is 16.6. The Bertz CT molecular complexity index is 1120. The first-order valence-electron chi connectivity index (χ1n) is 9.71. The third kappa shape index (κ3) is 6.16. The third-order valence-corrected chi connectivity index (χ3v) is 4.37. The summed E-state index contributed by atoms with van der Waals surface area (Å²) in [4.78, 5) is 36.4. The van der Waals surface area contributed by atoms with Gasteiger partial charge in [0, 0.05) is 31.7 Å². The fourth-order valence-corrected chi connectivity index (χ4v) is 2.76. The number of hydrogen-bond donors (Lipinski definition) is 1. The lowest BCUT2D eigenvalue weighted by molar-refractivity contribution is -0.136. The molecule has 2 aromatic carbocycles. The van der Waals surface area contributed by atoms with Crippen molar-refractivity contribution < 1.29 is 28.2 Å². The Balaban J connectivity index is 1.64. The van der Waals surface area contributed by atoms with E-state index in [-0.39, 0.29) is 23.5 Å². The zero-order valence-corrected chi connectivity index (χ0v) is 17.3. The standard InChI is InChI=1S/C23H23NO7/c1-15-4-7-17(8-5-15)29-14-21(25)30-18-9-6-16-12-19(23(27)31-20(16)13-18)22(26)24-10-3-11-28-2/h4-9,12-13H,3,10-11,14H2,1-2H3,(H,24,26). The number of amides is 1. The molecule has 0 bridgehead atoms. The summed E-state index contributed by atoms with van der Waals surface area (Å²) >= 11 is 0. The summed E-state index contributed by atoms with van der Waals surface area (Å²) in [6.07, 6.45) is 0.628. The first-order chi connectivity index (χ1) is 15.0. The van der Waals surface area contributed by atoms with E-state index in [1.807, 2.05) is 19.1 Å². The van der Waals surface area contributed by atoms with E-state index in [2.05, 4.69) is 5.32 Å². The van der Waals surface area contributed by atoms with Gasteiger partial charge in [0.15, 0.2) is 6.61 Å². The summed E-state index contributed by atoms with van der Waals surface area (Å²) in [7, 11) is 1.57. The van der Waals surface area contributed by atoms with Crippen LogP contribution < -0.4 is 20.4 Å². The zero-order chi connectivity index (χ0) is 22.2. The Hall–Kier alpha value is -3.65. The number of carbonyl (C=O) groups is 2. The van der Waals surface area contributed by atoms with Gasteiger partial charge in [-0.25, -0.2) is 9.59 Å². The van der Waals surface area contributed by atoms with Crippen LogP contribution in [0.2, 0.25) is 0 Å².